The zero-order valence-corrected chi connectivity index (χ0v) is 14.8. The van der Waals surface area contributed by atoms with Gasteiger partial charge in [0.15, 0.2) is 0 Å². The number of carbonyl (C=O) groups excluding carboxylic acids is 2. The maximum absolute atomic E-state index is 12.6. The third kappa shape index (κ3) is 3.23. The van der Waals surface area contributed by atoms with Gasteiger partial charge in [0, 0.05) is 19.0 Å². The van der Waals surface area contributed by atoms with Crippen molar-refractivity contribution in [3.63, 3.8) is 0 Å². The van der Waals surface area contributed by atoms with Crippen molar-refractivity contribution < 1.29 is 9.59 Å². The molecule has 0 radical (unpaired) electrons. The van der Waals surface area contributed by atoms with Crippen LogP contribution in [0.3, 0.4) is 0 Å². The molecule has 4 aliphatic carbocycles. The number of thiophene rings is 1. The second kappa shape index (κ2) is 6.87. The normalized spacial score (nSPS) is 33.4. The van der Waals surface area contributed by atoms with Crippen molar-refractivity contribution in [2.45, 2.75) is 38.5 Å². The first-order chi connectivity index (χ1) is 11.7. The Morgan fingerprint density at radius 3 is 2.29 bits per heavy atom. The van der Waals surface area contributed by atoms with E-state index in [2.05, 4.69) is 10.6 Å². The minimum Gasteiger partial charge on any atom is -0.356 e. The topological polar surface area (TPSA) is 58.2 Å². The zero-order chi connectivity index (χ0) is 16.5. The predicted molar refractivity (Wildman–Crippen MR) is 94.8 cm³/mol. The Labute approximate surface area is 147 Å². The number of nitrogens with one attached hydrogen (secondary N) is 2. The van der Waals surface area contributed by atoms with Crippen LogP contribution in [0.4, 0.5) is 0 Å². The summed E-state index contributed by atoms with van der Waals surface area (Å²) in [7, 11) is 0. The summed E-state index contributed by atoms with van der Waals surface area (Å²) in [5, 5.41) is 7.94. The largest absolute Gasteiger partial charge is 0.356 e. The van der Waals surface area contributed by atoms with E-state index in [-0.39, 0.29) is 17.7 Å². The summed E-state index contributed by atoms with van der Waals surface area (Å²) in [6.45, 7) is 1.27. The number of hydrogen-bond donors (Lipinski definition) is 2. The molecule has 0 aliphatic heterocycles. The Balaban J connectivity index is 1.18. The van der Waals surface area contributed by atoms with Gasteiger partial charge >= 0.3 is 0 Å². The second-order valence-electron chi connectivity index (χ2n) is 7.83. The molecule has 4 bridgehead atoms. The van der Waals surface area contributed by atoms with Gasteiger partial charge in [-0.25, -0.2) is 0 Å². The molecule has 5 heteroatoms. The number of rotatable bonds is 6. The molecule has 1 heterocycles. The van der Waals surface area contributed by atoms with E-state index in [4.69, 9.17) is 0 Å². The highest BCUT2D eigenvalue weighted by atomic mass is 32.1. The van der Waals surface area contributed by atoms with Gasteiger partial charge in [-0.15, -0.1) is 11.3 Å². The van der Waals surface area contributed by atoms with Gasteiger partial charge in [-0.3, -0.25) is 9.59 Å². The minimum absolute atomic E-state index is 0.0163. The molecular weight excluding hydrogens is 320 g/mol. The van der Waals surface area contributed by atoms with Crippen LogP contribution in [-0.2, 0) is 4.79 Å². The van der Waals surface area contributed by atoms with Crippen LogP contribution >= 0.6 is 11.3 Å². The second-order valence-corrected chi connectivity index (χ2v) is 8.78. The van der Waals surface area contributed by atoms with Crippen molar-refractivity contribution in [2.24, 2.45) is 29.6 Å². The highest BCUT2D eigenvalue weighted by Gasteiger charge is 2.50. The lowest BCUT2D eigenvalue weighted by atomic mass is 9.51. The predicted octanol–water partition coefficient (Wildman–Crippen LogP) is 3.06. The van der Waals surface area contributed by atoms with Crippen LogP contribution in [0, 0.1) is 29.6 Å². The van der Waals surface area contributed by atoms with Crippen molar-refractivity contribution in [2.75, 3.05) is 13.1 Å². The van der Waals surface area contributed by atoms with Gasteiger partial charge in [0.05, 0.1) is 4.88 Å². The van der Waals surface area contributed by atoms with Gasteiger partial charge < -0.3 is 10.6 Å². The molecule has 2 amide bonds. The molecule has 24 heavy (non-hydrogen) atoms. The fourth-order valence-electron chi connectivity index (χ4n) is 5.47. The maximum Gasteiger partial charge on any atom is 0.261 e. The minimum atomic E-state index is -0.0163. The van der Waals surface area contributed by atoms with E-state index in [9.17, 15) is 9.59 Å². The van der Waals surface area contributed by atoms with E-state index in [0.717, 1.165) is 23.1 Å². The highest BCUT2D eigenvalue weighted by Crippen LogP contribution is 2.56. The summed E-state index contributed by atoms with van der Waals surface area (Å²) in [6.07, 6.45) is 7.33. The summed E-state index contributed by atoms with van der Waals surface area (Å²) >= 11 is 1.45. The average molecular weight is 346 g/mol. The first kappa shape index (κ1) is 16.1. The zero-order valence-electron chi connectivity index (χ0n) is 14.0. The third-order valence-corrected chi connectivity index (χ3v) is 7.08. The van der Waals surface area contributed by atoms with Crippen LogP contribution in [0.1, 0.15) is 48.2 Å². The van der Waals surface area contributed by atoms with Crippen molar-refractivity contribution in [1.82, 2.24) is 10.6 Å². The quantitative estimate of drug-likeness (QED) is 0.778. The molecule has 0 aromatic carbocycles. The van der Waals surface area contributed by atoms with Crippen LogP contribution in [0.5, 0.6) is 0 Å². The van der Waals surface area contributed by atoms with Gasteiger partial charge in [0.1, 0.15) is 0 Å². The van der Waals surface area contributed by atoms with Gasteiger partial charge in [0.2, 0.25) is 5.91 Å². The Kier molecular flexibility index (Phi) is 4.61. The Morgan fingerprint density at radius 2 is 1.67 bits per heavy atom. The van der Waals surface area contributed by atoms with Crippen LogP contribution in [-0.4, -0.2) is 24.9 Å². The Morgan fingerprint density at radius 1 is 1.00 bits per heavy atom. The van der Waals surface area contributed by atoms with E-state index in [1.54, 1.807) is 0 Å². The molecule has 4 nitrogen and oxygen atoms in total. The molecule has 4 fully saturated rings. The molecule has 1 aromatic rings. The molecule has 4 aliphatic rings. The first-order valence-corrected chi connectivity index (χ1v) is 10.2. The van der Waals surface area contributed by atoms with E-state index >= 15 is 0 Å². The molecule has 2 N–H and O–H groups in total. The van der Waals surface area contributed by atoms with Crippen molar-refractivity contribution >= 4 is 23.2 Å². The first-order valence-electron chi connectivity index (χ1n) is 9.30. The van der Waals surface area contributed by atoms with Gasteiger partial charge in [-0.1, -0.05) is 6.07 Å². The monoisotopic (exact) mass is 346 g/mol. The lowest BCUT2D eigenvalue weighted by Crippen LogP contribution is -2.51. The van der Waals surface area contributed by atoms with Crippen LogP contribution in [0.25, 0.3) is 0 Å². The molecule has 0 saturated heterocycles. The van der Waals surface area contributed by atoms with Crippen LogP contribution in [0.15, 0.2) is 17.5 Å². The number of carbonyl (C=O) groups is 2. The average Bonchev–Trinajstić information content (AvgIpc) is 3.08. The fraction of sp³-hybridized carbons (Fsp3) is 0.684. The van der Waals surface area contributed by atoms with E-state index < -0.39 is 0 Å². The highest BCUT2D eigenvalue weighted by molar-refractivity contribution is 7.12. The molecule has 0 spiro atoms. The Hall–Kier alpha value is -1.36. The summed E-state index contributed by atoms with van der Waals surface area (Å²) in [6, 6.07) is 3.71. The van der Waals surface area contributed by atoms with Gasteiger partial charge in [-0.05, 0) is 73.6 Å². The molecule has 5 rings (SSSR count). The SMILES string of the molecule is O=C(NCCCNC(=O)C1C2CC3CC(C2)CC1C3)c1cccs1. The number of amides is 2. The Bertz CT molecular complexity index is 571. The maximum atomic E-state index is 12.6. The van der Waals surface area contributed by atoms with E-state index in [0.29, 0.717) is 24.9 Å². The van der Waals surface area contributed by atoms with E-state index in [1.165, 1.54) is 43.4 Å². The van der Waals surface area contributed by atoms with Crippen molar-refractivity contribution in [3.05, 3.63) is 22.4 Å². The van der Waals surface area contributed by atoms with Crippen molar-refractivity contribution in [1.29, 1.82) is 0 Å². The lowest BCUT2D eigenvalue weighted by Gasteiger charge is -2.53. The molecule has 0 atom stereocenters. The summed E-state index contributed by atoms with van der Waals surface area (Å²) in [4.78, 5) is 25.2. The van der Waals surface area contributed by atoms with Crippen molar-refractivity contribution in [3.8, 4) is 0 Å². The number of hydrogen-bond acceptors (Lipinski definition) is 3. The summed E-state index contributed by atoms with van der Waals surface area (Å²) < 4.78 is 0. The summed E-state index contributed by atoms with van der Waals surface area (Å²) in [5.74, 6) is 3.61. The summed E-state index contributed by atoms with van der Waals surface area (Å²) in [5.41, 5.74) is 0. The smallest absolute Gasteiger partial charge is 0.261 e. The standard InChI is InChI=1S/C19H26N2O2S/c22-18(16-3-1-6-24-16)20-4-2-5-21-19(23)17-14-8-12-7-13(10-14)11-15(17)9-12/h1,3,6,12-15,17H,2,4-5,7-11H2,(H,20,22)(H,21,23). The van der Waals surface area contributed by atoms with Crippen LogP contribution in [0.2, 0.25) is 0 Å². The third-order valence-electron chi connectivity index (χ3n) is 6.21. The van der Waals surface area contributed by atoms with E-state index in [1.807, 2.05) is 17.5 Å². The van der Waals surface area contributed by atoms with Gasteiger partial charge in [-0.2, -0.15) is 0 Å². The van der Waals surface area contributed by atoms with Crippen LogP contribution < -0.4 is 10.6 Å². The van der Waals surface area contributed by atoms with Gasteiger partial charge in [0.25, 0.3) is 5.91 Å². The molecule has 4 saturated carbocycles. The molecule has 130 valence electrons. The fourth-order valence-corrected chi connectivity index (χ4v) is 6.11. The molecular formula is C19H26N2O2S. The molecule has 1 aromatic heterocycles. The lowest BCUT2D eigenvalue weighted by molar-refractivity contribution is -0.138. The molecule has 0 unspecified atom stereocenters.